The van der Waals surface area contributed by atoms with E-state index in [2.05, 4.69) is 4.98 Å². The number of aryl methyl sites for hydroxylation is 1. The Bertz CT molecular complexity index is 470. The molecule has 0 aliphatic rings. The quantitative estimate of drug-likeness (QED) is 0.901. The van der Waals surface area contributed by atoms with Gasteiger partial charge in [0.05, 0.1) is 28.7 Å². The lowest BCUT2D eigenvalue weighted by molar-refractivity contribution is 0.268. The number of nitrogens with zero attached hydrogens (tertiary/aromatic N) is 1. The molecule has 2 rings (SSSR count). The third-order valence-electron chi connectivity index (χ3n) is 2.54. The van der Waals surface area contributed by atoms with Crippen molar-refractivity contribution in [2.75, 3.05) is 6.61 Å². The van der Waals surface area contributed by atoms with Gasteiger partial charge in [0.2, 0.25) is 0 Å². The van der Waals surface area contributed by atoms with Crippen molar-refractivity contribution in [3.63, 3.8) is 0 Å². The summed E-state index contributed by atoms with van der Waals surface area (Å²) in [6.45, 7) is 1.97. The number of thiazole rings is 1. The summed E-state index contributed by atoms with van der Waals surface area (Å²) in [7, 11) is 0. The van der Waals surface area contributed by atoms with Gasteiger partial charge in [-0.05, 0) is 18.1 Å². The van der Waals surface area contributed by atoms with Crippen LogP contribution in [0.1, 0.15) is 17.3 Å². The number of halogens is 1. The first-order valence-electron chi connectivity index (χ1n) is 5.09. The highest BCUT2D eigenvalue weighted by molar-refractivity contribution is 7.13. The maximum Gasteiger partial charge on any atom is 0.0801 e. The van der Waals surface area contributed by atoms with Crippen molar-refractivity contribution in [2.45, 2.75) is 13.0 Å². The van der Waals surface area contributed by atoms with Gasteiger partial charge in [-0.15, -0.1) is 23.7 Å². The molecule has 1 atom stereocenters. The van der Waals surface area contributed by atoms with Crippen LogP contribution in [0.3, 0.4) is 0 Å². The molecule has 5 heteroatoms. The third kappa shape index (κ3) is 3.04. The second-order valence-electron chi connectivity index (χ2n) is 3.68. The summed E-state index contributed by atoms with van der Waals surface area (Å²) in [6, 6.07) is 7.65. The lowest BCUT2D eigenvalue weighted by atomic mass is 10.1. The van der Waals surface area contributed by atoms with E-state index in [1.807, 2.05) is 36.7 Å². The zero-order valence-electron chi connectivity index (χ0n) is 9.46. The molecule has 3 nitrogen and oxygen atoms in total. The topological polar surface area (TPSA) is 59.1 Å². The van der Waals surface area contributed by atoms with Crippen LogP contribution in [0, 0.1) is 6.92 Å². The molecule has 0 amide bonds. The molecular weight excluding hydrogens is 256 g/mol. The van der Waals surface area contributed by atoms with Crippen molar-refractivity contribution in [3.05, 3.63) is 41.0 Å². The summed E-state index contributed by atoms with van der Waals surface area (Å²) in [4.78, 5) is 5.40. The van der Waals surface area contributed by atoms with Crippen molar-refractivity contribution in [1.29, 1.82) is 0 Å². The molecule has 0 radical (unpaired) electrons. The number of hydrogen-bond donors (Lipinski definition) is 2. The van der Waals surface area contributed by atoms with E-state index in [9.17, 15) is 0 Å². The second kappa shape index (κ2) is 6.12. The van der Waals surface area contributed by atoms with Crippen molar-refractivity contribution >= 4 is 23.7 Å². The average Bonchev–Trinajstić information content (AvgIpc) is 2.75. The SMILES string of the molecule is Cc1ncsc1-c1ccc([C@@H](N)CO)cc1.Cl. The summed E-state index contributed by atoms with van der Waals surface area (Å²) in [5, 5.41) is 8.95. The molecule has 0 fully saturated rings. The standard InChI is InChI=1S/C12H14N2OS.ClH/c1-8-12(16-7-14-8)10-4-2-9(3-5-10)11(13)6-15;/h2-5,7,11,15H,6,13H2,1H3;1H/t11-;/m0./s1. The molecule has 0 saturated carbocycles. The minimum atomic E-state index is -0.295. The molecule has 0 spiro atoms. The van der Waals surface area contributed by atoms with Crippen LogP contribution in [0.5, 0.6) is 0 Å². The van der Waals surface area contributed by atoms with E-state index < -0.39 is 0 Å². The van der Waals surface area contributed by atoms with Crippen LogP contribution >= 0.6 is 23.7 Å². The van der Waals surface area contributed by atoms with Gasteiger partial charge in [-0.2, -0.15) is 0 Å². The average molecular weight is 271 g/mol. The van der Waals surface area contributed by atoms with Gasteiger partial charge in [-0.25, -0.2) is 4.98 Å². The predicted octanol–water partition coefficient (Wildman–Crippen LogP) is 2.53. The van der Waals surface area contributed by atoms with Gasteiger partial charge in [0.15, 0.2) is 0 Å². The van der Waals surface area contributed by atoms with E-state index >= 15 is 0 Å². The molecule has 0 aliphatic heterocycles. The van der Waals surface area contributed by atoms with Gasteiger partial charge in [0.1, 0.15) is 0 Å². The molecule has 0 saturated heterocycles. The van der Waals surface area contributed by atoms with Crippen molar-refractivity contribution in [3.8, 4) is 10.4 Å². The Morgan fingerprint density at radius 3 is 2.47 bits per heavy atom. The van der Waals surface area contributed by atoms with Gasteiger partial charge < -0.3 is 10.8 Å². The van der Waals surface area contributed by atoms with Gasteiger partial charge in [-0.1, -0.05) is 24.3 Å². The normalized spacial score (nSPS) is 11.9. The molecule has 17 heavy (non-hydrogen) atoms. The van der Waals surface area contributed by atoms with Crippen LogP contribution in [-0.2, 0) is 0 Å². The fraction of sp³-hybridized carbons (Fsp3) is 0.250. The maximum atomic E-state index is 8.95. The third-order valence-corrected chi connectivity index (χ3v) is 3.52. The zero-order chi connectivity index (χ0) is 11.5. The number of aliphatic hydroxyl groups is 1. The van der Waals surface area contributed by atoms with Crippen molar-refractivity contribution in [1.82, 2.24) is 4.98 Å². The fourth-order valence-electron chi connectivity index (χ4n) is 1.57. The first-order valence-corrected chi connectivity index (χ1v) is 5.97. The second-order valence-corrected chi connectivity index (χ2v) is 4.53. The van der Waals surface area contributed by atoms with Crippen LogP contribution in [0.15, 0.2) is 29.8 Å². The smallest absolute Gasteiger partial charge is 0.0801 e. The first kappa shape index (κ1) is 14.1. The van der Waals surface area contributed by atoms with Crippen molar-refractivity contribution in [2.24, 2.45) is 5.73 Å². The van der Waals surface area contributed by atoms with E-state index in [1.54, 1.807) is 11.3 Å². The number of aromatic nitrogens is 1. The zero-order valence-corrected chi connectivity index (χ0v) is 11.1. The Morgan fingerprint density at radius 2 is 2.00 bits per heavy atom. The lowest BCUT2D eigenvalue weighted by Crippen LogP contribution is -2.14. The molecule has 0 bridgehead atoms. The minimum absolute atomic E-state index is 0. The predicted molar refractivity (Wildman–Crippen MR) is 73.5 cm³/mol. The minimum Gasteiger partial charge on any atom is -0.394 e. The van der Waals surface area contributed by atoms with Gasteiger partial charge in [0.25, 0.3) is 0 Å². The summed E-state index contributed by atoms with van der Waals surface area (Å²) < 4.78 is 0. The van der Waals surface area contributed by atoms with E-state index in [0.29, 0.717) is 0 Å². The monoisotopic (exact) mass is 270 g/mol. The van der Waals surface area contributed by atoms with E-state index in [0.717, 1.165) is 16.8 Å². The summed E-state index contributed by atoms with van der Waals surface area (Å²) >= 11 is 1.63. The van der Waals surface area contributed by atoms with Gasteiger partial charge >= 0.3 is 0 Å². The molecule has 0 aliphatic carbocycles. The van der Waals surface area contributed by atoms with Gasteiger partial charge in [-0.3, -0.25) is 0 Å². The Labute approximate surface area is 111 Å². The lowest BCUT2D eigenvalue weighted by Gasteiger charge is -2.08. The highest BCUT2D eigenvalue weighted by Gasteiger charge is 2.07. The van der Waals surface area contributed by atoms with Crippen LogP contribution in [0.2, 0.25) is 0 Å². The molecule has 2 aromatic rings. The molecule has 92 valence electrons. The van der Waals surface area contributed by atoms with Gasteiger partial charge in [0, 0.05) is 0 Å². The Hall–Kier alpha value is -0.940. The van der Waals surface area contributed by atoms with Crippen LogP contribution < -0.4 is 5.73 Å². The van der Waals surface area contributed by atoms with Crippen LogP contribution in [0.4, 0.5) is 0 Å². The number of aliphatic hydroxyl groups excluding tert-OH is 1. The molecular formula is C12H15ClN2OS. The number of nitrogens with two attached hydrogens (primary N) is 1. The number of rotatable bonds is 3. The Morgan fingerprint density at radius 1 is 1.35 bits per heavy atom. The number of hydrogen-bond acceptors (Lipinski definition) is 4. The van der Waals surface area contributed by atoms with Crippen molar-refractivity contribution < 1.29 is 5.11 Å². The fourth-order valence-corrected chi connectivity index (χ4v) is 2.38. The first-order chi connectivity index (χ1) is 7.72. The van der Waals surface area contributed by atoms with E-state index in [1.165, 1.54) is 4.88 Å². The molecule has 1 aromatic carbocycles. The highest BCUT2D eigenvalue weighted by atomic mass is 35.5. The summed E-state index contributed by atoms with van der Waals surface area (Å²) in [5.74, 6) is 0. The van der Waals surface area contributed by atoms with Crippen LogP contribution in [0.25, 0.3) is 10.4 Å². The van der Waals surface area contributed by atoms with E-state index in [4.69, 9.17) is 10.8 Å². The highest BCUT2D eigenvalue weighted by Crippen LogP contribution is 2.27. The molecule has 3 N–H and O–H groups in total. The summed E-state index contributed by atoms with van der Waals surface area (Å²) in [6.07, 6.45) is 0. The van der Waals surface area contributed by atoms with Crippen LogP contribution in [-0.4, -0.2) is 16.7 Å². The maximum absolute atomic E-state index is 8.95. The molecule has 0 unspecified atom stereocenters. The molecule has 1 heterocycles. The Balaban J connectivity index is 0.00000144. The largest absolute Gasteiger partial charge is 0.394 e. The Kier molecular flexibility index (Phi) is 5.08. The number of benzene rings is 1. The van der Waals surface area contributed by atoms with E-state index in [-0.39, 0.29) is 25.1 Å². The molecule has 1 aromatic heterocycles. The summed E-state index contributed by atoms with van der Waals surface area (Å²) in [5.41, 5.74) is 10.7.